The van der Waals surface area contributed by atoms with E-state index in [1.54, 1.807) is 0 Å². The monoisotopic (exact) mass is 288 g/mol. The van der Waals surface area contributed by atoms with Gasteiger partial charge in [0.05, 0.1) is 12.5 Å². The maximum atomic E-state index is 12.4. The van der Waals surface area contributed by atoms with Crippen molar-refractivity contribution in [2.24, 2.45) is 11.3 Å². The largest absolute Gasteiger partial charge is 0.469 e. The van der Waals surface area contributed by atoms with Crippen molar-refractivity contribution in [3.8, 4) is 0 Å². The lowest BCUT2D eigenvalue weighted by Gasteiger charge is -2.38. The lowest BCUT2D eigenvalue weighted by Crippen LogP contribution is -2.40. The molecule has 1 aliphatic carbocycles. The van der Waals surface area contributed by atoms with Crippen LogP contribution in [0.1, 0.15) is 51.0 Å². The molecule has 1 aliphatic rings. The molecule has 0 saturated heterocycles. The van der Waals surface area contributed by atoms with E-state index in [-0.39, 0.29) is 23.6 Å². The van der Waals surface area contributed by atoms with Crippen LogP contribution in [0.15, 0.2) is 30.3 Å². The van der Waals surface area contributed by atoms with Crippen LogP contribution in [0.3, 0.4) is 0 Å². The third-order valence-corrected chi connectivity index (χ3v) is 4.65. The molecular formula is C18H24O3. The fourth-order valence-electron chi connectivity index (χ4n) is 3.56. The Morgan fingerprint density at radius 3 is 2.48 bits per heavy atom. The summed E-state index contributed by atoms with van der Waals surface area (Å²) in [7, 11) is 1.41. The molecule has 1 aromatic carbocycles. The fourth-order valence-corrected chi connectivity index (χ4v) is 3.56. The highest BCUT2D eigenvalue weighted by Crippen LogP contribution is 2.46. The fraction of sp³-hybridized carbons (Fsp3) is 0.556. The van der Waals surface area contributed by atoms with E-state index in [1.165, 1.54) is 7.11 Å². The van der Waals surface area contributed by atoms with Crippen molar-refractivity contribution in [1.82, 2.24) is 0 Å². The summed E-state index contributed by atoms with van der Waals surface area (Å²) in [6, 6.07) is 9.90. The van der Waals surface area contributed by atoms with Crippen molar-refractivity contribution >= 4 is 11.8 Å². The zero-order valence-electron chi connectivity index (χ0n) is 13.1. The molecule has 0 unspecified atom stereocenters. The lowest BCUT2D eigenvalue weighted by atomic mass is 9.64. The first-order valence-corrected chi connectivity index (χ1v) is 7.64. The van der Waals surface area contributed by atoms with Crippen LogP contribution in [0, 0.1) is 11.3 Å². The highest BCUT2D eigenvalue weighted by molar-refractivity contribution is 5.85. The van der Waals surface area contributed by atoms with Crippen LogP contribution in [-0.4, -0.2) is 18.9 Å². The molecule has 2 atom stereocenters. The summed E-state index contributed by atoms with van der Waals surface area (Å²) in [5.74, 6) is -0.184. The Hall–Kier alpha value is -1.64. The van der Waals surface area contributed by atoms with Crippen molar-refractivity contribution in [2.75, 3.05) is 7.11 Å². The number of benzene rings is 1. The number of carbonyl (C=O) groups is 2. The average molecular weight is 288 g/mol. The molecule has 21 heavy (non-hydrogen) atoms. The van der Waals surface area contributed by atoms with Gasteiger partial charge in [-0.3, -0.25) is 9.59 Å². The summed E-state index contributed by atoms with van der Waals surface area (Å²) in [4.78, 5) is 24.7. The molecule has 114 valence electrons. The predicted molar refractivity (Wildman–Crippen MR) is 81.9 cm³/mol. The molecule has 1 saturated carbocycles. The van der Waals surface area contributed by atoms with Crippen LogP contribution in [0.2, 0.25) is 0 Å². The first-order chi connectivity index (χ1) is 9.98. The van der Waals surface area contributed by atoms with E-state index < -0.39 is 5.41 Å². The highest BCUT2D eigenvalue weighted by Gasteiger charge is 2.45. The van der Waals surface area contributed by atoms with Gasteiger partial charge in [-0.05, 0) is 32.3 Å². The van der Waals surface area contributed by atoms with Gasteiger partial charge in [-0.25, -0.2) is 0 Å². The Kier molecular flexibility index (Phi) is 4.81. The normalized spacial score (nSPS) is 20.9. The molecule has 1 aromatic rings. The molecular weight excluding hydrogens is 264 g/mol. The number of ether oxygens (including phenoxy) is 1. The Bertz CT molecular complexity index is 504. The molecule has 0 radical (unpaired) electrons. The van der Waals surface area contributed by atoms with Crippen molar-refractivity contribution in [3.05, 3.63) is 35.9 Å². The molecule has 3 nitrogen and oxygen atoms in total. The van der Waals surface area contributed by atoms with E-state index in [0.717, 1.165) is 24.8 Å². The maximum Gasteiger partial charge on any atom is 0.311 e. The maximum absolute atomic E-state index is 12.4. The Balaban J connectivity index is 2.44. The second kappa shape index (κ2) is 6.42. The number of hydrogen-bond acceptors (Lipinski definition) is 3. The second-order valence-corrected chi connectivity index (χ2v) is 6.42. The van der Waals surface area contributed by atoms with E-state index in [1.807, 2.05) is 44.2 Å². The van der Waals surface area contributed by atoms with E-state index in [9.17, 15) is 9.59 Å². The average Bonchev–Trinajstić information content (AvgIpc) is 2.49. The van der Waals surface area contributed by atoms with Gasteiger partial charge in [0.1, 0.15) is 5.78 Å². The number of rotatable bonds is 4. The molecule has 0 spiro atoms. The third kappa shape index (κ3) is 3.17. The van der Waals surface area contributed by atoms with Crippen molar-refractivity contribution < 1.29 is 14.3 Å². The van der Waals surface area contributed by atoms with Gasteiger partial charge < -0.3 is 4.74 Å². The van der Waals surface area contributed by atoms with Crippen molar-refractivity contribution in [1.29, 1.82) is 0 Å². The van der Waals surface area contributed by atoms with Gasteiger partial charge in [-0.1, -0.05) is 36.8 Å². The second-order valence-electron chi connectivity index (χ2n) is 6.42. The zero-order chi connectivity index (χ0) is 15.5. The molecule has 0 aromatic heterocycles. The topological polar surface area (TPSA) is 43.4 Å². The van der Waals surface area contributed by atoms with Gasteiger partial charge in [0.15, 0.2) is 0 Å². The molecule has 3 heteroatoms. The summed E-state index contributed by atoms with van der Waals surface area (Å²) >= 11 is 0. The van der Waals surface area contributed by atoms with Gasteiger partial charge in [-0.15, -0.1) is 0 Å². The number of Topliss-reactive ketones (excluding diaryl/α,β-unsaturated/α-hetero) is 1. The quantitative estimate of drug-likeness (QED) is 0.793. The van der Waals surface area contributed by atoms with Gasteiger partial charge in [0.2, 0.25) is 0 Å². The molecule has 0 bridgehead atoms. The van der Waals surface area contributed by atoms with E-state index in [4.69, 9.17) is 4.74 Å². The molecule has 0 aliphatic heterocycles. The Labute approximate surface area is 126 Å². The Morgan fingerprint density at radius 1 is 1.24 bits per heavy atom. The standard InChI is InChI=1S/C18H24O3/c1-18(2,17(20)21-3)16(13-9-5-4-6-10-13)14-11-7-8-12-15(14)19/h4-6,9-10,14,16H,7-8,11-12H2,1-3H3/t14-,16+/m0/s1. The Morgan fingerprint density at radius 2 is 1.90 bits per heavy atom. The van der Waals surface area contributed by atoms with Crippen LogP contribution in [-0.2, 0) is 14.3 Å². The van der Waals surface area contributed by atoms with Crippen molar-refractivity contribution in [3.63, 3.8) is 0 Å². The first-order valence-electron chi connectivity index (χ1n) is 7.64. The third-order valence-electron chi connectivity index (χ3n) is 4.65. The summed E-state index contributed by atoms with van der Waals surface area (Å²) in [5, 5.41) is 0. The smallest absolute Gasteiger partial charge is 0.311 e. The minimum Gasteiger partial charge on any atom is -0.469 e. The predicted octanol–water partition coefficient (Wildman–Crippen LogP) is 3.73. The minimum atomic E-state index is -0.715. The van der Waals surface area contributed by atoms with Crippen LogP contribution >= 0.6 is 0 Å². The summed E-state index contributed by atoms with van der Waals surface area (Å²) in [5.41, 5.74) is 0.335. The molecule has 0 amide bonds. The molecule has 0 heterocycles. The van der Waals surface area contributed by atoms with E-state index >= 15 is 0 Å². The minimum absolute atomic E-state index is 0.0877. The first kappa shape index (κ1) is 15.7. The SMILES string of the molecule is COC(=O)C(C)(C)[C@H](c1ccccc1)[C@H]1CCCCC1=O. The lowest BCUT2D eigenvalue weighted by molar-refractivity contribution is -0.153. The molecule has 0 N–H and O–H groups in total. The van der Waals surface area contributed by atoms with Crippen LogP contribution in [0.25, 0.3) is 0 Å². The zero-order valence-corrected chi connectivity index (χ0v) is 13.1. The number of esters is 1. The van der Waals surface area contributed by atoms with E-state index in [0.29, 0.717) is 6.42 Å². The molecule has 2 rings (SSSR count). The summed E-state index contributed by atoms with van der Waals surface area (Å²) in [6.45, 7) is 3.77. The van der Waals surface area contributed by atoms with Crippen LogP contribution < -0.4 is 0 Å². The van der Waals surface area contributed by atoms with Crippen LogP contribution in [0.4, 0.5) is 0 Å². The number of ketones is 1. The van der Waals surface area contributed by atoms with E-state index in [2.05, 4.69) is 0 Å². The van der Waals surface area contributed by atoms with Gasteiger partial charge in [0.25, 0.3) is 0 Å². The molecule has 1 fully saturated rings. The highest BCUT2D eigenvalue weighted by atomic mass is 16.5. The van der Waals surface area contributed by atoms with Gasteiger partial charge in [-0.2, -0.15) is 0 Å². The number of hydrogen-bond donors (Lipinski definition) is 0. The number of carbonyl (C=O) groups excluding carboxylic acids is 2. The number of methoxy groups -OCH3 is 1. The van der Waals surface area contributed by atoms with Crippen LogP contribution in [0.5, 0.6) is 0 Å². The van der Waals surface area contributed by atoms with Gasteiger partial charge >= 0.3 is 5.97 Å². The van der Waals surface area contributed by atoms with Gasteiger partial charge in [0, 0.05) is 18.3 Å². The van der Waals surface area contributed by atoms with Crippen molar-refractivity contribution in [2.45, 2.75) is 45.4 Å². The summed E-state index contributed by atoms with van der Waals surface area (Å²) < 4.78 is 4.99. The summed E-state index contributed by atoms with van der Waals surface area (Å²) in [6.07, 6.45) is 3.51.